The van der Waals surface area contributed by atoms with Crippen LogP contribution in [0.15, 0.2) is 65.6 Å². The minimum atomic E-state index is -1.65. The molecule has 1 aliphatic rings. The molecule has 0 amide bonds. The summed E-state index contributed by atoms with van der Waals surface area (Å²) in [7, 11) is 0. The number of nitrogens with zero attached hydrogens (tertiary/aromatic N) is 1. The number of fused-ring (bicyclic) bond motifs is 9. The number of carbonyl (C=O) groups is 1. The van der Waals surface area contributed by atoms with Crippen molar-refractivity contribution in [2.45, 2.75) is 53.4 Å². The van der Waals surface area contributed by atoms with Gasteiger partial charge in [-0.25, -0.2) is 22.5 Å². The molecule has 0 saturated carbocycles. The highest BCUT2D eigenvalue weighted by atomic mass is 32.2. The Balaban J connectivity index is 1.61. The van der Waals surface area contributed by atoms with E-state index in [0.717, 1.165) is 79.3 Å². The van der Waals surface area contributed by atoms with E-state index in [1.807, 2.05) is 65.8 Å². The van der Waals surface area contributed by atoms with Crippen LogP contribution in [0, 0.1) is 64.8 Å². The SMILES string of the molecule is CC(=O)Sc1c(F)c(F)c(-c2c3ccc([nH]3)c(-c3c(C)cc(C)cc3C)c3nc(c4ccc([nH]4)c(-c4c(C)cc(C)cc4C)c4ccc2[nH]4)C=C3)c(F)c1F. The minimum absolute atomic E-state index is 0.101. The highest BCUT2D eigenvalue weighted by molar-refractivity contribution is 8.13. The van der Waals surface area contributed by atoms with Crippen molar-refractivity contribution in [2.24, 2.45) is 0 Å². The Kier molecular flexibility index (Phi) is 8.84. The molecule has 0 unspecified atom stereocenters. The number of carbonyl (C=O) groups excluding carboxylic acids is 1. The molecule has 3 aromatic carbocycles. The van der Waals surface area contributed by atoms with Gasteiger partial charge in [0.2, 0.25) is 0 Å². The van der Waals surface area contributed by atoms with Gasteiger partial charge in [-0.1, -0.05) is 35.4 Å². The molecule has 0 fully saturated rings. The number of benzene rings is 3. The van der Waals surface area contributed by atoms with E-state index < -0.39 is 38.8 Å². The van der Waals surface area contributed by atoms with E-state index in [1.165, 1.54) is 0 Å². The van der Waals surface area contributed by atoms with Crippen LogP contribution in [-0.2, 0) is 4.79 Å². The first-order valence-corrected chi connectivity index (χ1v) is 18.6. The molecule has 5 heterocycles. The first-order chi connectivity index (χ1) is 26.2. The standard InChI is InChI=1S/C45H36F4N4OS/c1-20-16-22(3)35(23(4)17-20)37-29-10-8-27(50-29)28-9-11-30(51-28)38(36-24(5)18-21(2)19-25(36)6)32-13-15-34(53-32)39(33-14-12-31(37)52-33)40-41(46)43(48)45(55-26(7)54)44(49)42(40)47/h8-19,50,52-53H,1-7H3. The van der Waals surface area contributed by atoms with Gasteiger partial charge in [0.15, 0.2) is 28.4 Å². The minimum Gasteiger partial charge on any atom is -0.354 e. The van der Waals surface area contributed by atoms with Gasteiger partial charge in [0, 0.05) is 51.2 Å². The molecule has 1 aliphatic heterocycles. The fourth-order valence-corrected chi connectivity index (χ4v) is 8.80. The summed E-state index contributed by atoms with van der Waals surface area (Å²) >= 11 is 0.101. The van der Waals surface area contributed by atoms with Crippen LogP contribution in [0.4, 0.5) is 17.6 Å². The van der Waals surface area contributed by atoms with Gasteiger partial charge in [0.05, 0.1) is 27.4 Å². The van der Waals surface area contributed by atoms with Gasteiger partial charge in [-0.05, 0) is 135 Å². The second-order valence-corrected chi connectivity index (χ2v) is 15.5. The Morgan fingerprint density at radius 3 is 1.31 bits per heavy atom. The largest absolute Gasteiger partial charge is 0.354 e. The summed E-state index contributed by atoms with van der Waals surface area (Å²) in [4.78, 5) is 26.3. The van der Waals surface area contributed by atoms with Gasteiger partial charge >= 0.3 is 0 Å². The number of aromatic amines is 3. The van der Waals surface area contributed by atoms with Crippen molar-refractivity contribution >= 4 is 62.1 Å². The average molecular weight is 757 g/mol. The summed E-state index contributed by atoms with van der Waals surface area (Å²) in [5, 5.41) is -0.722. The third-order valence-electron chi connectivity index (χ3n) is 10.1. The van der Waals surface area contributed by atoms with Crippen molar-refractivity contribution in [2.75, 3.05) is 0 Å². The molecule has 8 rings (SSSR count). The Labute approximate surface area is 318 Å². The van der Waals surface area contributed by atoms with E-state index in [4.69, 9.17) is 4.98 Å². The molecular formula is C45H36F4N4OS. The van der Waals surface area contributed by atoms with E-state index in [0.29, 0.717) is 16.7 Å². The lowest BCUT2D eigenvalue weighted by Gasteiger charge is -2.13. The van der Waals surface area contributed by atoms with Crippen LogP contribution >= 0.6 is 11.8 Å². The van der Waals surface area contributed by atoms with Crippen molar-refractivity contribution < 1.29 is 22.4 Å². The fourth-order valence-electron chi connectivity index (χ4n) is 8.16. The van der Waals surface area contributed by atoms with Gasteiger partial charge < -0.3 is 15.0 Å². The first kappa shape index (κ1) is 36.1. The summed E-state index contributed by atoms with van der Waals surface area (Å²) in [5.41, 5.74) is 13.0. The Bertz CT molecular complexity index is 2870. The van der Waals surface area contributed by atoms with Gasteiger partial charge in [-0.15, -0.1) is 0 Å². The zero-order chi connectivity index (χ0) is 39.0. The maximum atomic E-state index is 16.4. The zero-order valence-corrected chi connectivity index (χ0v) is 32.0. The second-order valence-electron chi connectivity index (χ2n) is 14.3. The van der Waals surface area contributed by atoms with Gasteiger partial charge in [0.25, 0.3) is 0 Å². The third kappa shape index (κ3) is 6.05. The average Bonchev–Trinajstić information content (AvgIpc) is 3.95. The molecule has 0 saturated heterocycles. The predicted molar refractivity (Wildman–Crippen MR) is 216 cm³/mol. The molecular weight excluding hydrogens is 721 g/mol. The van der Waals surface area contributed by atoms with Gasteiger partial charge in [-0.2, -0.15) is 0 Å². The van der Waals surface area contributed by atoms with Crippen LogP contribution in [0.3, 0.4) is 0 Å². The molecule has 0 atom stereocenters. The molecule has 4 aromatic heterocycles. The molecule has 8 bridgehead atoms. The molecule has 5 nitrogen and oxygen atoms in total. The predicted octanol–water partition coefficient (Wildman–Crippen LogP) is 12.7. The van der Waals surface area contributed by atoms with Crippen LogP contribution in [0.25, 0.3) is 78.6 Å². The molecule has 0 aliphatic carbocycles. The van der Waals surface area contributed by atoms with Crippen molar-refractivity contribution in [1.29, 1.82) is 0 Å². The summed E-state index contributed by atoms with van der Waals surface area (Å²) < 4.78 is 64.3. The number of rotatable bonds is 4. The topological polar surface area (TPSA) is 77.3 Å². The van der Waals surface area contributed by atoms with E-state index in [2.05, 4.69) is 39.2 Å². The Hall–Kier alpha value is -5.87. The molecule has 3 N–H and O–H groups in total. The Morgan fingerprint density at radius 2 is 0.855 bits per heavy atom. The highest BCUT2D eigenvalue weighted by Gasteiger charge is 2.29. The molecule has 0 radical (unpaired) electrons. The summed E-state index contributed by atoms with van der Waals surface area (Å²) in [6.07, 6.45) is 3.88. The molecule has 10 heteroatoms. The van der Waals surface area contributed by atoms with Gasteiger partial charge in [0.1, 0.15) is 0 Å². The highest BCUT2D eigenvalue weighted by Crippen LogP contribution is 2.42. The van der Waals surface area contributed by atoms with Gasteiger partial charge in [-0.3, -0.25) is 4.79 Å². The first-order valence-electron chi connectivity index (χ1n) is 17.8. The number of thioether (sulfide) groups is 1. The number of halogens is 4. The summed E-state index contributed by atoms with van der Waals surface area (Å²) in [6.45, 7) is 13.2. The smallest absolute Gasteiger partial charge is 0.190 e. The van der Waals surface area contributed by atoms with E-state index in [-0.39, 0.29) is 28.4 Å². The number of hydrogen-bond donors (Lipinski definition) is 3. The van der Waals surface area contributed by atoms with Crippen LogP contribution in [0.5, 0.6) is 0 Å². The van der Waals surface area contributed by atoms with Crippen molar-refractivity contribution in [3.05, 3.63) is 129 Å². The number of H-pyrrole nitrogens is 3. The quantitative estimate of drug-likeness (QED) is 0.0951. The number of hydrogen-bond acceptors (Lipinski definition) is 3. The number of aryl methyl sites for hydroxylation is 6. The molecule has 55 heavy (non-hydrogen) atoms. The van der Waals surface area contributed by atoms with Crippen molar-refractivity contribution in [1.82, 2.24) is 19.9 Å². The van der Waals surface area contributed by atoms with E-state index in [9.17, 15) is 4.79 Å². The van der Waals surface area contributed by atoms with Crippen LogP contribution in [0.1, 0.15) is 51.7 Å². The number of nitrogens with one attached hydrogen (secondary N) is 3. The normalized spacial score (nSPS) is 12.0. The van der Waals surface area contributed by atoms with E-state index in [1.54, 1.807) is 24.3 Å². The van der Waals surface area contributed by atoms with Crippen LogP contribution in [0.2, 0.25) is 0 Å². The lowest BCUT2D eigenvalue weighted by molar-refractivity contribution is -0.109. The van der Waals surface area contributed by atoms with E-state index >= 15 is 17.6 Å². The summed E-state index contributed by atoms with van der Waals surface area (Å²) in [6, 6.07) is 19.1. The van der Waals surface area contributed by atoms with Crippen LogP contribution < -0.4 is 0 Å². The molecule has 276 valence electrons. The lowest BCUT2D eigenvalue weighted by atomic mass is 9.92. The Morgan fingerprint density at radius 1 is 0.491 bits per heavy atom. The van der Waals surface area contributed by atoms with Crippen LogP contribution in [-0.4, -0.2) is 25.1 Å². The third-order valence-corrected chi connectivity index (χ3v) is 11.0. The maximum Gasteiger partial charge on any atom is 0.190 e. The fraction of sp³-hybridized carbons (Fsp3) is 0.156. The second kappa shape index (κ2) is 13.5. The zero-order valence-electron chi connectivity index (χ0n) is 31.2. The van der Waals surface area contributed by atoms with Crippen molar-refractivity contribution in [3.8, 4) is 33.4 Å². The summed E-state index contributed by atoms with van der Waals surface area (Å²) in [5.74, 6) is -6.55. The van der Waals surface area contributed by atoms with Crippen molar-refractivity contribution in [3.63, 3.8) is 0 Å². The molecule has 0 spiro atoms. The lowest BCUT2D eigenvalue weighted by Crippen LogP contribution is -2.04. The maximum absolute atomic E-state index is 16.4. The number of aromatic nitrogens is 4. The molecule has 7 aromatic rings. The monoisotopic (exact) mass is 756 g/mol.